The van der Waals surface area contributed by atoms with Crippen LogP contribution >= 0.6 is 11.6 Å². The molecule has 1 amide bonds. The smallest absolute Gasteiger partial charge is 0.231 e. The van der Waals surface area contributed by atoms with Crippen molar-refractivity contribution in [2.45, 2.75) is 44.2 Å². The Bertz CT molecular complexity index is 1380. The third-order valence-electron chi connectivity index (χ3n) is 6.49. The summed E-state index contributed by atoms with van der Waals surface area (Å²) < 4.78 is 30.3. The van der Waals surface area contributed by atoms with Gasteiger partial charge in [0, 0.05) is 22.7 Å². The molecule has 2 fully saturated rings. The van der Waals surface area contributed by atoms with Crippen LogP contribution in [0, 0.1) is 11.7 Å². The summed E-state index contributed by atoms with van der Waals surface area (Å²) in [7, 11) is 0. The van der Waals surface area contributed by atoms with Crippen LogP contribution in [-0.2, 0) is 4.79 Å². The Morgan fingerprint density at radius 3 is 2.78 bits per heavy atom. The third-order valence-corrected chi connectivity index (χ3v) is 6.84. The van der Waals surface area contributed by atoms with E-state index < -0.39 is 17.9 Å². The summed E-state index contributed by atoms with van der Waals surface area (Å²) in [5.74, 6) is -1.01. The number of amides is 1. The molecule has 3 heterocycles. The zero-order valence-electron chi connectivity index (χ0n) is 16.9. The number of hydrogen-bond acceptors (Lipinski definition) is 4. The Hall–Kier alpha value is -3.07. The number of benzene rings is 1. The fourth-order valence-electron chi connectivity index (χ4n) is 4.73. The van der Waals surface area contributed by atoms with E-state index in [0.29, 0.717) is 39.2 Å². The Morgan fingerprint density at radius 2 is 2.03 bits per heavy atom. The average Bonchev–Trinajstić information content (AvgIpc) is 3.21. The first-order valence-electron chi connectivity index (χ1n) is 10.6. The highest BCUT2D eigenvalue weighted by Crippen LogP contribution is 2.45. The first-order valence-corrected chi connectivity index (χ1v) is 11.0. The molecule has 3 aromatic heterocycles. The second kappa shape index (κ2) is 7.23. The normalized spacial score (nSPS) is 21.0. The molecule has 7 nitrogen and oxygen atoms in total. The maximum Gasteiger partial charge on any atom is 0.231 e. The highest BCUT2D eigenvalue weighted by atomic mass is 35.5. The highest BCUT2D eigenvalue weighted by Gasteiger charge is 2.43. The lowest BCUT2D eigenvalue weighted by molar-refractivity contribution is -0.117. The van der Waals surface area contributed by atoms with Crippen molar-refractivity contribution < 1.29 is 13.6 Å². The van der Waals surface area contributed by atoms with Gasteiger partial charge in [-0.15, -0.1) is 0 Å². The van der Waals surface area contributed by atoms with E-state index in [0.717, 1.165) is 25.7 Å². The predicted octanol–water partition coefficient (Wildman–Crippen LogP) is 5.02. The number of hydrogen-bond donors (Lipinski definition) is 2. The average molecular weight is 457 g/mol. The number of aromatic amines is 1. The molecule has 0 unspecified atom stereocenters. The Kier molecular flexibility index (Phi) is 4.43. The van der Waals surface area contributed by atoms with Crippen molar-refractivity contribution in [3.8, 4) is 11.3 Å². The number of anilines is 1. The van der Waals surface area contributed by atoms with Gasteiger partial charge >= 0.3 is 0 Å². The molecule has 2 atom stereocenters. The number of H-pyrrole nitrogens is 1. The van der Waals surface area contributed by atoms with Crippen molar-refractivity contribution in [2.24, 2.45) is 5.92 Å². The van der Waals surface area contributed by atoms with Crippen molar-refractivity contribution >= 4 is 39.9 Å². The maximum absolute atomic E-state index is 15.5. The van der Waals surface area contributed by atoms with E-state index in [4.69, 9.17) is 11.6 Å². The summed E-state index contributed by atoms with van der Waals surface area (Å²) in [4.78, 5) is 20.7. The zero-order chi connectivity index (χ0) is 22.0. The fourth-order valence-corrected chi connectivity index (χ4v) is 5.03. The van der Waals surface area contributed by atoms with Crippen LogP contribution in [0.1, 0.15) is 43.6 Å². The molecule has 2 saturated carbocycles. The molecule has 0 radical (unpaired) electrons. The lowest BCUT2D eigenvalue weighted by Crippen LogP contribution is -2.15. The number of carbonyl (C=O) groups excluding carboxylic acids is 1. The van der Waals surface area contributed by atoms with Crippen LogP contribution in [0.5, 0.6) is 0 Å². The first kappa shape index (κ1) is 19.6. The number of imidazole rings is 1. The summed E-state index contributed by atoms with van der Waals surface area (Å²) >= 11 is 6.55. The van der Waals surface area contributed by atoms with Crippen molar-refractivity contribution in [1.29, 1.82) is 0 Å². The topological polar surface area (TPSA) is 88.0 Å². The molecular weight excluding hydrogens is 438 g/mol. The van der Waals surface area contributed by atoms with Gasteiger partial charge in [0.15, 0.2) is 11.5 Å². The zero-order valence-corrected chi connectivity index (χ0v) is 17.7. The van der Waals surface area contributed by atoms with Gasteiger partial charge in [0.1, 0.15) is 12.0 Å². The van der Waals surface area contributed by atoms with E-state index in [-0.39, 0.29) is 23.3 Å². The number of fused-ring (bicyclic) bond motifs is 2. The summed E-state index contributed by atoms with van der Waals surface area (Å²) in [6.07, 6.45) is 9.61. The van der Waals surface area contributed by atoms with Gasteiger partial charge in [-0.2, -0.15) is 5.10 Å². The minimum absolute atomic E-state index is 0.0176. The lowest BCUT2D eigenvalue weighted by Gasteiger charge is -2.16. The number of nitrogens with one attached hydrogen (secondary N) is 2. The molecule has 2 aliphatic carbocycles. The van der Waals surface area contributed by atoms with Gasteiger partial charge in [-0.3, -0.25) is 14.9 Å². The number of carbonyl (C=O) groups is 1. The fraction of sp³-hybridized carbons (Fsp3) is 0.364. The Labute approximate surface area is 186 Å². The van der Waals surface area contributed by atoms with Crippen LogP contribution in [0.4, 0.5) is 14.6 Å². The third kappa shape index (κ3) is 3.06. The molecule has 164 valence electrons. The maximum atomic E-state index is 15.5. The molecule has 10 heteroatoms. The molecule has 6 rings (SSSR count). The molecule has 0 spiro atoms. The van der Waals surface area contributed by atoms with Crippen LogP contribution in [0.25, 0.3) is 27.8 Å². The van der Waals surface area contributed by atoms with Crippen molar-refractivity contribution in [2.75, 3.05) is 5.32 Å². The van der Waals surface area contributed by atoms with Crippen molar-refractivity contribution in [3.63, 3.8) is 0 Å². The van der Waals surface area contributed by atoms with E-state index >= 15 is 4.39 Å². The Balaban J connectivity index is 1.42. The quantitative estimate of drug-likeness (QED) is 0.451. The largest absolute Gasteiger partial charge is 0.309 e. The van der Waals surface area contributed by atoms with E-state index in [1.54, 1.807) is 23.0 Å². The molecular formula is C22H19ClF2N6O. The Morgan fingerprint density at radius 1 is 1.25 bits per heavy atom. The van der Waals surface area contributed by atoms with Crippen LogP contribution in [0.2, 0.25) is 5.02 Å². The highest BCUT2D eigenvalue weighted by molar-refractivity contribution is 6.35. The van der Waals surface area contributed by atoms with E-state index in [9.17, 15) is 9.18 Å². The standard InChI is InChI=1S/C22H19ClF2N6O/c23-19-18(12-6-27-30-21(12)17(20(19)25)10-3-1-2-4-10)14-8-31-9-15(28-16(31)7-26-14)29-22(32)11-5-13(11)24/h6-11,13H,1-5H2,(H,27,30)(H,29,32)/t11-,13+/m1/s1. The monoisotopic (exact) mass is 456 g/mol. The van der Waals surface area contributed by atoms with E-state index in [2.05, 4.69) is 25.5 Å². The first-order chi connectivity index (χ1) is 15.5. The van der Waals surface area contributed by atoms with Crippen molar-refractivity contribution in [3.05, 3.63) is 41.2 Å². The summed E-state index contributed by atoms with van der Waals surface area (Å²) in [6, 6.07) is 0. The van der Waals surface area contributed by atoms with Gasteiger partial charge in [0.2, 0.25) is 5.91 Å². The van der Waals surface area contributed by atoms with Crippen molar-refractivity contribution in [1.82, 2.24) is 24.6 Å². The summed E-state index contributed by atoms with van der Waals surface area (Å²) in [5, 5.41) is 10.5. The predicted molar refractivity (Wildman–Crippen MR) is 116 cm³/mol. The minimum atomic E-state index is -1.08. The molecule has 2 aliphatic rings. The molecule has 0 saturated heterocycles. The van der Waals surface area contributed by atoms with Gasteiger partial charge in [-0.1, -0.05) is 24.4 Å². The lowest BCUT2D eigenvalue weighted by atomic mass is 9.92. The van der Waals surface area contributed by atoms with Crippen LogP contribution in [-0.4, -0.2) is 36.6 Å². The van der Waals surface area contributed by atoms with Gasteiger partial charge in [0.05, 0.1) is 40.7 Å². The minimum Gasteiger partial charge on any atom is -0.309 e. The SMILES string of the molecule is O=C(Nc1cn2cc(-c3c(Cl)c(F)c(C4CCCC4)c4[nH]ncc34)ncc2n1)[C@@H]1C[C@@H]1F. The number of halogens is 3. The van der Waals surface area contributed by atoms with Gasteiger partial charge < -0.3 is 9.72 Å². The van der Waals surface area contributed by atoms with Crippen LogP contribution < -0.4 is 5.32 Å². The molecule has 2 N–H and O–H groups in total. The molecule has 4 aromatic rings. The number of alkyl halides is 1. The summed E-state index contributed by atoms with van der Waals surface area (Å²) in [5.41, 5.74) is 2.64. The summed E-state index contributed by atoms with van der Waals surface area (Å²) in [6.45, 7) is 0. The number of nitrogens with zero attached hydrogens (tertiary/aromatic N) is 4. The second-order valence-electron chi connectivity index (χ2n) is 8.57. The van der Waals surface area contributed by atoms with E-state index in [1.807, 2.05) is 0 Å². The second-order valence-corrected chi connectivity index (χ2v) is 8.95. The number of rotatable bonds is 4. The molecule has 0 bridgehead atoms. The van der Waals surface area contributed by atoms with Crippen LogP contribution in [0.3, 0.4) is 0 Å². The van der Waals surface area contributed by atoms with Gasteiger partial charge in [0.25, 0.3) is 0 Å². The molecule has 32 heavy (non-hydrogen) atoms. The molecule has 0 aliphatic heterocycles. The van der Waals surface area contributed by atoms with Gasteiger partial charge in [-0.25, -0.2) is 13.8 Å². The van der Waals surface area contributed by atoms with Crippen LogP contribution in [0.15, 0.2) is 24.8 Å². The number of aromatic nitrogens is 5. The van der Waals surface area contributed by atoms with E-state index in [1.165, 1.54) is 6.20 Å². The molecule has 1 aromatic carbocycles. The van der Waals surface area contributed by atoms with Gasteiger partial charge in [-0.05, 0) is 25.2 Å².